The lowest BCUT2D eigenvalue weighted by molar-refractivity contribution is 0.637. The van der Waals surface area contributed by atoms with Gasteiger partial charge in [-0.2, -0.15) is 0 Å². The summed E-state index contributed by atoms with van der Waals surface area (Å²) in [6.07, 6.45) is 0. The van der Waals surface area contributed by atoms with Crippen molar-refractivity contribution in [3.63, 3.8) is 0 Å². The lowest BCUT2D eigenvalue weighted by Gasteiger charge is -2.18. The summed E-state index contributed by atoms with van der Waals surface area (Å²) < 4.78 is 2.46. The fourth-order valence-electron chi connectivity index (χ4n) is 1.76. The highest BCUT2D eigenvalue weighted by atomic mass is 127. The molecule has 1 atom stereocenters. The standard InChI is InChI=1S/C13H13BrINS/c1-2-16-12(13-11(14)6-7-17-13)9-4-3-5-10(15)8-9/h3-8,12,16H,2H2,1H3. The average Bonchev–Trinajstić information content (AvgIpc) is 2.72. The number of benzene rings is 1. The van der Waals surface area contributed by atoms with E-state index in [9.17, 15) is 0 Å². The van der Waals surface area contributed by atoms with Crippen LogP contribution >= 0.6 is 49.9 Å². The smallest absolute Gasteiger partial charge is 0.0682 e. The van der Waals surface area contributed by atoms with Gasteiger partial charge >= 0.3 is 0 Å². The Bertz CT molecular complexity index is 498. The minimum Gasteiger partial charge on any atom is -0.306 e. The van der Waals surface area contributed by atoms with Crippen LogP contribution in [0.15, 0.2) is 40.2 Å². The van der Waals surface area contributed by atoms with Crippen LogP contribution in [0.1, 0.15) is 23.4 Å². The second-order valence-corrected chi connectivity index (χ2v) is 6.73. The third-order valence-corrected chi connectivity index (χ3v) is 5.10. The normalized spacial score (nSPS) is 12.6. The Hall–Kier alpha value is 0.0900. The van der Waals surface area contributed by atoms with E-state index in [-0.39, 0.29) is 6.04 Å². The Labute approximate surface area is 128 Å². The number of thiophene rings is 1. The van der Waals surface area contributed by atoms with Gasteiger partial charge in [-0.25, -0.2) is 0 Å². The molecule has 1 nitrogen and oxygen atoms in total. The van der Waals surface area contributed by atoms with Gasteiger partial charge in [-0.3, -0.25) is 0 Å². The molecule has 0 bridgehead atoms. The number of halogens is 2. The maximum absolute atomic E-state index is 3.62. The summed E-state index contributed by atoms with van der Waals surface area (Å²) in [5, 5.41) is 5.67. The number of hydrogen-bond acceptors (Lipinski definition) is 2. The van der Waals surface area contributed by atoms with Crippen molar-refractivity contribution >= 4 is 49.9 Å². The predicted octanol–water partition coefficient (Wildman–Crippen LogP) is 4.81. The van der Waals surface area contributed by atoms with Crippen LogP contribution in [0.5, 0.6) is 0 Å². The topological polar surface area (TPSA) is 12.0 Å². The molecule has 1 heterocycles. The van der Waals surface area contributed by atoms with Crippen LogP contribution in [0.4, 0.5) is 0 Å². The van der Waals surface area contributed by atoms with E-state index in [0.717, 1.165) is 6.54 Å². The first-order chi connectivity index (χ1) is 8.22. The molecule has 0 radical (unpaired) electrons. The van der Waals surface area contributed by atoms with Crippen molar-refractivity contribution in [1.29, 1.82) is 0 Å². The van der Waals surface area contributed by atoms with Gasteiger partial charge in [0, 0.05) is 12.9 Å². The monoisotopic (exact) mass is 421 g/mol. The van der Waals surface area contributed by atoms with Crippen molar-refractivity contribution in [1.82, 2.24) is 5.32 Å². The molecular weight excluding hydrogens is 409 g/mol. The van der Waals surface area contributed by atoms with Crippen LogP contribution in [-0.2, 0) is 0 Å². The van der Waals surface area contributed by atoms with Gasteiger partial charge in [-0.15, -0.1) is 11.3 Å². The molecule has 1 aromatic heterocycles. The van der Waals surface area contributed by atoms with Gasteiger partial charge in [0.1, 0.15) is 0 Å². The largest absolute Gasteiger partial charge is 0.306 e. The zero-order chi connectivity index (χ0) is 12.3. The molecule has 0 spiro atoms. The predicted molar refractivity (Wildman–Crippen MR) is 86.7 cm³/mol. The van der Waals surface area contributed by atoms with Gasteiger partial charge in [0.15, 0.2) is 0 Å². The maximum Gasteiger partial charge on any atom is 0.0682 e. The van der Waals surface area contributed by atoms with Gasteiger partial charge < -0.3 is 5.32 Å². The van der Waals surface area contributed by atoms with Gasteiger partial charge in [-0.05, 0) is 74.2 Å². The lowest BCUT2D eigenvalue weighted by Crippen LogP contribution is -2.21. The molecule has 0 aliphatic carbocycles. The Balaban J connectivity index is 2.39. The maximum atomic E-state index is 3.62. The van der Waals surface area contributed by atoms with Crippen LogP contribution in [-0.4, -0.2) is 6.54 Å². The molecule has 0 saturated heterocycles. The minimum absolute atomic E-state index is 0.282. The highest BCUT2D eigenvalue weighted by Gasteiger charge is 2.17. The Kier molecular flexibility index (Phi) is 5.02. The molecule has 2 rings (SSSR count). The first kappa shape index (κ1) is 13.5. The van der Waals surface area contributed by atoms with E-state index < -0.39 is 0 Å². The van der Waals surface area contributed by atoms with E-state index >= 15 is 0 Å². The fraction of sp³-hybridized carbons (Fsp3) is 0.231. The summed E-state index contributed by atoms with van der Waals surface area (Å²) in [5.74, 6) is 0. The molecule has 1 unspecified atom stereocenters. The average molecular weight is 422 g/mol. The molecule has 0 amide bonds. The molecule has 0 saturated carbocycles. The molecule has 2 aromatic rings. The van der Waals surface area contributed by atoms with Crippen LogP contribution in [0.25, 0.3) is 0 Å². The van der Waals surface area contributed by atoms with E-state index in [0.29, 0.717) is 0 Å². The van der Waals surface area contributed by atoms with Crippen molar-refractivity contribution < 1.29 is 0 Å². The number of nitrogens with one attached hydrogen (secondary N) is 1. The van der Waals surface area contributed by atoms with Gasteiger partial charge in [-0.1, -0.05) is 19.1 Å². The summed E-state index contributed by atoms with van der Waals surface area (Å²) in [5.41, 5.74) is 1.32. The second-order valence-electron chi connectivity index (χ2n) is 3.68. The first-order valence-electron chi connectivity index (χ1n) is 5.44. The minimum atomic E-state index is 0.282. The highest BCUT2D eigenvalue weighted by molar-refractivity contribution is 14.1. The summed E-state index contributed by atoms with van der Waals surface area (Å²) in [6, 6.07) is 11.0. The molecule has 1 aromatic carbocycles. The quantitative estimate of drug-likeness (QED) is 0.698. The van der Waals surface area contributed by atoms with Gasteiger partial charge in [0.2, 0.25) is 0 Å². The van der Waals surface area contributed by atoms with E-state index in [1.165, 1.54) is 18.5 Å². The zero-order valence-corrected chi connectivity index (χ0v) is 14.0. The van der Waals surface area contributed by atoms with E-state index in [2.05, 4.69) is 86.5 Å². The lowest BCUT2D eigenvalue weighted by atomic mass is 10.1. The Morgan fingerprint density at radius 1 is 1.41 bits per heavy atom. The molecule has 4 heteroatoms. The van der Waals surface area contributed by atoms with E-state index in [1.54, 1.807) is 11.3 Å². The number of hydrogen-bond donors (Lipinski definition) is 1. The summed E-state index contributed by atoms with van der Waals surface area (Å²) in [6.45, 7) is 3.10. The van der Waals surface area contributed by atoms with Crippen molar-refractivity contribution in [3.8, 4) is 0 Å². The summed E-state index contributed by atoms with van der Waals surface area (Å²) >= 11 is 7.77. The van der Waals surface area contributed by atoms with Crippen LogP contribution in [0.2, 0.25) is 0 Å². The first-order valence-corrected chi connectivity index (χ1v) is 8.19. The molecule has 17 heavy (non-hydrogen) atoms. The van der Waals surface area contributed by atoms with Crippen molar-refractivity contribution in [2.45, 2.75) is 13.0 Å². The zero-order valence-electron chi connectivity index (χ0n) is 9.41. The Morgan fingerprint density at radius 3 is 2.82 bits per heavy atom. The highest BCUT2D eigenvalue weighted by Crippen LogP contribution is 2.33. The van der Waals surface area contributed by atoms with Crippen LogP contribution < -0.4 is 5.32 Å². The van der Waals surface area contributed by atoms with Crippen LogP contribution in [0.3, 0.4) is 0 Å². The molecule has 90 valence electrons. The molecule has 0 aliphatic heterocycles. The van der Waals surface area contributed by atoms with Crippen molar-refractivity contribution in [2.75, 3.05) is 6.54 Å². The second kappa shape index (κ2) is 6.31. The van der Waals surface area contributed by atoms with E-state index in [4.69, 9.17) is 0 Å². The van der Waals surface area contributed by atoms with E-state index in [1.807, 2.05) is 0 Å². The van der Waals surface area contributed by atoms with Crippen molar-refractivity contribution in [3.05, 3.63) is 54.2 Å². The molecular formula is C13H13BrINS. The molecule has 0 fully saturated rings. The molecule has 0 aliphatic rings. The molecule has 1 N–H and O–H groups in total. The van der Waals surface area contributed by atoms with Crippen molar-refractivity contribution in [2.24, 2.45) is 0 Å². The summed E-state index contributed by atoms with van der Waals surface area (Å²) in [4.78, 5) is 1.34. The van der Waals surface area contributed by atoms with Gasteiger partial charge in [0.25, 0.3) is 0 Å². The SMILES string of the molecule is CCNC(c1cccc(I)c1)c1sccc1Br. The van der Waals surface area contributed by atoms with Crippen LogP contribution in [0, 0.1) is 3.57 Å². The van der Waals surface area contributed by atoms with Gasteiger partial charge in [0.05, 0.1) is 6.04 Å². The fourth-order valence-corrected chi connectivity index (χ4v) is 4.03. The third kappa shape index (κ3) is 3.30. The Morgan fingerprint density at radius 2 is 2.24 bits per heavy atom. The summed E-state index contributed by atoms with van der Waals surface area (Å²) in [7, 11) is 0. The third-order valence-electron chi connectivity index (χ3n) is 2.50. The number of rotatable bonds is 4.